The van der Waals surface area contributed by atoms with Crippen molar-refractivity contribution >= 4 is 15.8 Å². The number of aromatic nitrogens is 1. The monoisotopic (exact) mass is 438 g/mol. The highest BCUT2D eigenvalue weighted by Crippen LogP contribution is 2.26. The third kappa shape index (κ3) is 6.64. The van der Waals surface area contributed by atoms with Crippen LogP contribution in [0.5, 0.6) is 0 Å². The van der Waals surface area contributed by atoms with E-state index < -0.39 is 10.0 Å². The van der Waals surface area contributed by atoms with Crippen molar-refractivity contribution in [2.24, 2.45) is 5.41 Å². The van der Waals surface area contributed by atoms with Crippen LogP contribution in [0.25, 0.3) is 0 Å². The van der Waals surface area contributed by atoms with E-state index in [1.807, 2.05) is 0 Å². The van der Waals surface area contributed by atoms with Crippen LogP contribution in [0.4, 0.5) is 5.82 Å². The molecule has 1 saturated heterocycles. The van der Waals surface area contributed by atoms with Crippen LogP contribution < -0.4 is 9.62 Å². The minimum absolute atomic E-state index is 0.00110. The Morgan fingerprint density at radius 3 is 2.40 bits per heavy atom. The summed E-state index contributed by atoms with van der Waals surface area (Å²) in [5, 5.41) is 0. The van der Waals surface area contributed by atoms with Crippen LogP contribution in [0.3, 0.4) is 0 Å². The van der Waals surface area contributed by atoms with Gasteiger partial charge in [0, 0.05) is 31.4 Å². The smallest absolute Gasteiger partial charge is 0.242 e. The second-order valence-electron chi connectivity index (χ2n) is 9.87. The lowest BCUT2D eigenvalue weighted by atomic mass is 9.89. The zero-order valence-corrected chi connectivity index (χ0v) is 19.7. The number of anilines is 1. The topological polar surface area (TPSA) is 74.8 Å². The average Bonchev–Trinajstić information content (AvgIpc) is 2.72. The van der Waals surface area contributed by atoms with Gasteiger partial charge in [-0.05, 0) is 63.2 Å². The Labute approximate surface area is 182 Å². The number of morpholine rings is 1. The Kier molecular flexibility index (Phi) is 7.76. The molecule has 30 heavy (non-hydrogen) atoms. The summed E-state index contributed by atoms with van der Waals surface area (Å²) in [6.45, 7) is 10.8. The van der Waals surface area contributed by atoms with Gasteiger partial charge in [0.25, 0.3) is 0 Å². The van der Waals surface area contributed by atoms with Crippen molar-refractivity contribution in [2.75, 3.05) is 44.8 Å². The molecule has 2 heterocycles. The summed E-state index contributed by atoms with van der Waals surface area (Å²) < 4.78 is 33.9. The zero-order chi connectivity index (χ0) is 21.8. The minimum Gasteiger partial charge on any atom is -0.378 e. The number of hydrogen-bond donors (Lipinski definition) is 1. The van der Waals surface area contributed by atoms with Crippen molar-refractivity contribution < 1.29 is 13.2 Å². The molecule has 1 aliphatic heterocycles. The van der Waals surface area contributed by atoms with Gasteiger partial charge in [-0.15, -0.1) is 0 Å². The Morgan fingerprint density at radius 2 is 1.83 bits per heavy atom. The first-order valence-corrected chi connectivity index (χ1v) is 12.6. The highest BCUT2D eigenvalue weighted by atomic mass is 32.2. The molecule has 1 aromatic rings. The second-order valence-corrected chi connectivity index (χ2v) is 11.6. The molecule has 0 spiro atoms. The summed E-state index contributed by atoms with van der Waals surface area (Å²) in [4.78, 5) is 9.19. The van der Waals surface area contributed by atoms with Crippen LogP contribution in [0.2, 0.25) is 0 Å². The van der Waals surface area contributed by atoms with E-state index in [0.717, 1.165) is 51.1 Å². The van der Waals surface area contributed by atoms with E-state index in [1.165, 1.54) is 12.6 Å². The summed E-state index contributed by atoms with van der Waals surface area (Å²) in [7, 11) is -1.35. The van der Waals surface area contributed by atoms with E-state index in [4.69, 9.17) is 4.74 Å². The van der Waals surface area contributed by atoms with E-state index in [-0.39, 0.29) is 10.9 Å². The average molecular weight is 439 g/mol. The van der Waals surface area contributed by atoms with Crippen molar-refractivity contribution in [1.29, 1.82) is 0 Å². The van der Waals surface area contributed by atoms with Crippen molar-refractivity contribution in [3.8, 4) is 0 Å². The fourth-order valence-corrected chi connectivity index (χ4v) is 5.38. The lowest BCUT2D eigenvalue weighted by Crippen LogP contribution is -2.43. The minimum atomic E-state index is -3.54. The summed E-state index contributed by atoms with van der Waals surface area (Å²) in [5.74, 6) is 0.802. The lowest BCUT2D eigenvalue weighted by Gasteiger charge is -2.36. The van der Waals surface area contributed by atoms with Crippen molar-refractivity contribution in [3.63, 3.8) is 0 Å². The largest absolute Gasteiger partial charge is 0.378 e. The molecule has 0 bridgehead atoms. The van der Waals surface area contributed by atoms with Crippen LogP contribution in [-0.2, 0) is 14.8 Å². The molecule has 3 rings (SSSR count). The summed E-state index contributed by atoms with van der Waals surface area (Å²) in [6.07, 6.45) is 6.46. The predicted molar refractivity (Wildman–Crippen MR) is 120 cm³/mol. The third-order valence-electron chi connectivity index (χ3n) is 6.22. The normalized spacial score (nSPS) is 23.7. The van der Waals surface area contributed by atoms with Gasteiger partial charge in [-0.1, -0.05) is 20.8 Å². The van der Waals surface area contributed by atoms with Gasteiger partial charge in [0.15, 0.2) is 0 Å². The standard InChI is InChI=1S/C22H38N4O3S/c1-22(2,3)11-12-25(4)19-7-5-18(6-8-19)24-30(27,28)20-9-10-21(23-17-20)26-13-15-29-16-14-26/h9-10,17-19,24H,5-8,11-16H2,1-4H3/t18-,19-. The summed E-state index contributed by atoms with van der Waals surface area (Å²) in [6, 6.07) is 4.00. The van der Waals surface area contributed by atoms with Crippen LogP contribution in [-0.4, -0.2) is 70.3 Å². The number of hydrogen-bond acceptors (Lipinski definition) is 6. The Morgan fingerprint density at radius 1 is 1.17 bits per heavy atom. The molecule has 0 radical (unpaired) electrons. The van der Waals surface area contributed by atoms with Gasteiger partial charge in [-0.2, -0.15) is 0 Å². The van der Waals surface area contributed by atoms with Crippen molar-refractivity contribution in [3.05, 3.63) is 18.3 Å². The van der Waals surface area contributed by atoms with E-state index in [1.54, 1.807) is 12.1 Å². The number of nitrogens with one attached hydrogen (secondary N) is 1. The van der Waals surface area contributed by atoms with Gasteiger partial charge in [-0.25, -0.2) is 18.1 Å². The van der Waals surface area contributed by atoms with Crippen LogP contribution in [0.1, 0.15) is 52.9 Å². The van der Waals surface area contributed by atoms with Gasteiger partial charge in [-0.3, -0.25) is 0 Å². The van der Waals surface area contributed by atoms with Crippen molar-refractivity contribution in [2.45, 2.75) is 69.9 Å². The van der Waals surface area contributed by atoms with Crippen LogP contribution in [0, 0.1) is 5.41 Å². The van der Waals surface area contributed by atoms with Gasteiger partial charge in [0.2, 0.25) is 10.0 Å². The molecule has 7 nitrogen and oxygen atoms in total. The van der Waals surface area contributed by atoms with E-state index in [2.05, 4.69) is 47.3 Å². The molecule has 1 saturated carbocycles. The summed E-state index contributed by atoms with van der Waals surface area (Å²) >= 11 is 0. The Balaban J connectivity index is 1.50. The lowest BCUT2D eigenvalue weighted by molar-refractivity contribution is 0.122. The SMILES string of the molecule is CN(CCC(C)(C)C)[C@H]1CC[C@H](NS(=O)(=O)c2ccc(N3CCOCC3)nc2)CC1. The number of pyridine rings is 1. The van der Waals surface area contributed by atoms with Crippen LogP contribution >= 0.6 is 0 Å². The maximum Gasteiger partial charge on any atom is 0.242 e. The maximum atomic E-state index is 12.8. The van der Waals surface area contributed by atoms with Crippen molar-refractivity contribution in [1.82, 2.24) is 14.6 Å². The second kappa shape index (κ2) is 9.94. The third-order valence-corrected chi connectivity index (χ3v) is 7.73. The Hall–Kier alpha value is -1.22. The summed E-state index contributed by atoms with van der Waals surface area (Å²) in [5.41, 5.74) is 0.340. The highest BCUT2D eigenvalue weighted by Gasteiger charge is 2.28. The molecule has 170 valence electrons. The molecular formula is C22H38N4O3S. The molecule has 2 fully saturated rings. The van der Waals surface area contributed by atoms with E-state index >= 15 is 0 Å². The van der Waals surface area contributed by atoms with Crippen LogP contribution in [0.15, 0.2) is 23.2 Å². The molecule has 1 N–H and O–H groups in total. The highest BCUT2D eigenvalue weighted by molar-refractivity contribution is 7.89. The number of sulfonamides is 1. The molecule has 0 aromatic carbocycles. The van der Waals surface area contributed by atoms with Gasteiger partial charge < -0.3 is 14.5 Å². The molecule has 1 aromatic heterocycles. The molecule has 8 heteroatoms. The molecule has 2 aliphatic rings. The fourth-order valence-electron chi connectivity index (χ4n) is 4.13. The van der Waals surface area contributed by atoms with E-state index in [9.17, 15) is 8.42 Å². The van der Waals surface area contributed by atoms with Gasteiger partial charge >= 0.3 is 0 Å². The fraction of sp³-hybridized carbons (Fsp3) is 0.773. The predicted octanol–water partition coefficient (Wildman–Crippen LogP) is 2.88. The van der Waals surface area contributed by atoms with Gasteiger partial charge in [0.05, 0.1) is 13.2 Å². The van der Waals surface area contributed by atoms with Gasteiger partial charge in [0.1, 0.15) is 10.7 Å². The van der Waals surface area contributed by atoms with E-state index in [0.29, 0.717) is 24.7 Å². The molecular weight excluding hydrogens is 400 g/mol. The number of rotatable bonds is 7. The zero-order valence-electron chi connectivity index (χ0n) is 18.9. The first kappa shape index (κ1) is 23.4. The first-order chi connectivity index (χ1) is 14.1. The number of nitrogens with zero attached hydrogens (tertiary/aromatic N) is 3. The molecule has 1 aliphatic carbocycles. The number of ether oxygens (including phenoxy) is 1. The maximum absolute atomic E-state index is 12.8. The Bertz CT molecular complexity index is 763. The quantitative estimate of drug-likeness (QED) is 0.706. The molecule has 0 atom stereocenters. The molecule has 0 amide bonds. The molecule has 0 unspecified atom stereocenters. The first-order valence-electron chi connectivity index (χ1n) is 11.2.